The van der Waals surface area contributed by atoms with Crippen molar-refractivity contribution in [1.82, 2.24) is 4.90 Å². The summed E-state index contributed by atoms with van der Waals surface area (Å²) in [6.45, 7) is 4.09. The highest BCUT2D eigenvalue weighted by molar-refractivity contribution is 5.43. The Balaban J connectivity index is 1.80. The molecule has 0 saturated carbocycles. The molecule has 1 aliphatic rings. The van der Waals surface area contributed by atoms with E-state index in [-0.39, 0.29) is 0 Å². The van der Waals surface area contributed by atoms with Gasteiger partial charge in [-0.05, 0) is 43.5 Å². The zero-order chi connectivity index (χ0) is 12.8. The van der Waals surface area contributed by atoms with Gasteiger partial charge in [-0.15, -0.1) is 0 Å². The van der Waals surface area contributed by atoms with Gasteiger partial charge in [-0.3, -0.25) is 0 Å². The SMILES string of the molecule is CNc1ccc(CN(C)CC2CCOCC2)cc1. The Kier molecular flexibility index (Phi) is 5.02. The third kappa shape index (κ3) is 4.00. The fourth-order valence-corrected chi connectivity index (χ4v) is 2.52. The molecule has 1 fully saturated rings. The molecule has 0 amide bonds. The van der Waals surface area contributed by atoms with Crippen molar-refractivity contribution < 1.29 is 4.74 Å². The number of hydrogen-bond acceptors (Lipinski definition) is 3. The van der Waals surface area contributed by atoms with Crippen LogP contribution in [-0.4, -0.2) is 38.8 Å². The minimum absolute atomic E-state index is 0.806. The average Bonchev–Trinajstić information content (AvgIpc) is 2.40. The predicted molar refractivity (Wildman–Crippen MR) is 75.9 cm³/mol. The number of nitrogens with one attached hydrogen (secondary N) is 1. The fourth-order valence-electron chi connectivity index (χ4n) is 2.52. The van der Waals surface area contributed by atoms with Gasteiger partial charge in [-0.1, -0.05) is 12.1 Å². The van der Waals surface area contributed by atoms with Crippen LogP contribution in [0.2, 0.25) is 0 Å². The van der Waals surface area contributed by atoms with Crippen LogP contribution < -0.4 is 5.32 Å². The molecule has 0 spiro atoms. The summed E-state index contributed by atoms with van der Waals surface area (Å²) in [5.41, 5.74) is 2.55. The first-order chi connectivity index (χ1) is 8.78. The van der Waals surface area contributed by atoms with Crippen LogP contribution >= 0.6 is 0 Å². The lowest BCUT2D eigenvalue weighted by atomic mass is 10.00. The molecule has 0 aliphatic carbocycles. The lowest BCUT2D eigenvalue weighted by molar-refractivity contribution is 0.0549. The third-order valence-corrected chi connectivity index (χ3v) is 3.61. The number of nitrogens with zero attached hydrogens (tertiary/aromatic N) is 1. The first-order valence-corrected chi connectivity index (χ1v) is 6.81. The molecule has 0 bridgehead atoms. The zero-order valence-corrected chi connectivity index (χ0v) is 11.5. The molecule has 0 aromatic heterocycles. The molecule has 3 nitrogen and oxygen atoms in total. The Bertz CT molecular complexity index is 344. The van der Waals surface area contributed by atoms with E-state index in [1.165, 1.54) is 30.6 Å². The van der Waals surface area contributed by atoms with Gasteiger partial charge in [-0.25, -0.2) is 0 Å². The summed E-state index contributed by atoms with van der Waals surface area (Å²) in [6, 6.07) is 8.67. The van der Waals surface area contributed by atoms with Crippen molar-refractivity contribution in [3.63, 3.8) is 0 Å². The van der Waals surface area contributed by atoms with Gasteiger partial charge in [0.25, 0.3) is 0 Å². The molecule has 3 heteroatoms. The summed E-state index contributed by atoms with van der Waals surface area (Å²) in [7, 11) is 4.16. The minimum atomic E-state index is 0.806. The highest BCUT2D eigenvalue weighted by atomic mass is 16.5. The maximum atomic E-state index is 5.40. The highest BCUT2D eigenvalue weighted by Crippen LogP contribution is 2.17. The van der Waals surface area contributed by atoms with Crippen LogP contribution in [0.3, 0.4) is 0 Å². The van der Waals surface area contributed by atoms with E-state index in [9.17, 15) is 0 Å². The lowest BCUT2D eigenvalue weighted by Crippen LogP contribution is -2.29. The van der Waals surface area contributed by atoms with Crippen molar-refractivity contribution in [2.45, 2.75) is 19.4 Å². The second-order valence-electron chi connectivity index (χ2n) is 5.20. The van der Waals surface area contributed by atoms with Crippen molar-refractivity contribution in [3.8, 4) is 0 Å². The summed E-state index contributed by atoms with van der Waals surface area (Å²) in [5, 5.41) is 3.15. The van der Waals surface area contributed by atoms with Crippen LogP contribution in [0.25, 0.3) is 0 Å². The molecule has 100 valence electrons. The number of benzene rings is 1. The van der Waals surface area contributed by atoms with Crippen LogP contribution in [-0.2, 0) is 11.3 Å². The Morgan fingerprint density at radius 2 is 1.89 bits per heavy atom. The van der Waals surface area contributed by atoms with Gasteiger partial charge in [0, 0.05) is 39.0 Å². The van der Waals surface area contributed by atoms with E-state index in [0.29, 0.717) is 0 Å². The molecule has 1 aromatic carbocycles. The van der Waals surface area contributed by atoms with E-state index in [1.807, 2.05) is 7.05 Å². The Morgan fingerprint density at radius 3 is 2.50 bits per heavy atom. The predicted octanol–water partition coefficient (Wildman–Crippen LogP) is 2.59. The fraction of sp³-hybridized carbons (Fsp3) is 0.600. The summed E-state index contributed by atoms with van der Waals surface area (Å²) in [6.07, 6.45) is 2.42. The topological polar surface area (TPSA) is 24.5 Å². The molecule has 18 heavy (non-hydrogen) atoms. The molecular formula is C15H24N2O. The van der Waals surface area contributed by atoms with Crippen LogP contribution in [0.5, 0.6) is 0 Å². The maximum absolute atomic E-state index is 5.40. The third-order valence-electron chi connectivity index (χ3n) is 3.61. The van der Waals surface area contributed by atoms with Crippen LogP contribution in [0, 0.1) is 5.92 Å². The summed E-state index contributed by atoms with van der Waals surface area (Å²) >= 11 is 0. The molecule has 0 radical (unpaired) electrons. The van der Waals surface area contributed by atoms with Gasteiger partial charge in [0.15, 0.2) is 0 Å². The van der Waals surface area contributed by atoms with Crippen molar-refractivity contribution in [2.75, 3.05) is 39.2 Å². The number of ether oxygens (including phenoxy) is 1. The summed E-state index contributed by atoms with van der Waals surface area (Å²) in [5.74, 6) is 0.806. The van der Waals surface area contributed by atoms with Gasteiger partial charge in [0.1, 0.15) is 0 Å². The molecule has 1 aliphatic heterocycles. The van der Waals surface area contributed by atoms with E-state index >= 15 is 0 Å². The second kappa shape index (κ2) is 6.76. The number of hydrogen-bond donors (Lipinski definition) is 1. The van der Waals surface area contributed by atoms with E-state index < -0.39 is 0 Å². The standard InChI is InChI=1S/C15H24N2O/c1-16-15-5-3-13(4-6-15)11-17(2)12-14-7-9-18-10-8-14/h3-6,14,16H,7-12H2,1-2H3. The molecule has 1 aromatic rings. The van der Waals surface area contributed by atoms with Crippen molar-refractivity contribution in [1.29, 1.82) is 0 Å². The van der Waals surface area contributed by atoms with Crippen molar-refractivity contribution >= 4 is 5.69 Å². The van der Waals surface area contributed by atoms with Gasteiger partial charge < -0.3 is 15.0 Å². The Hall–Kier alpha value is -1.06. The highest BCUT2D eigenvalue weighted by Gasteiger charge is 2.15. The molecule has 2 rings (SSSR count). The largest absolute Gasteiger partial charge is 0.388 e. The van der Waals surface area contributed by atoms with Gasteiger partial charge in [0.2, 0.25) is 0 Å². The Labute approximate surface area is 110 Å². The average molecular weight is 248 g/mol. The van der Waals surface area contributed by atoms with Crippen LogP contribution in [0.15, 0.2) is 24.3 Å². The van der Waals surface area contributed by atoms with E-state index in [2.05, 4.69) is 41.5 Å². The second-order valence-corrected chi connectivity index (χ2v) is 5.20. The van der Waals surface area contributed by atoms with Crippen molar-refractivity contribution in [2.24, 2.45) is 5.92 Å². The van der Waals surface area contributed by atoms with Gasteiger partial charge in [-0.2, -0.15) is 0 Å². The van der Waals surface area contributed by atoms with Crippen molar-refractivity contribution in [3.05, 3.63) is 29.8 Å². The first kappa shape index (κ1) is 13.4. The zero-order valence-electron chi connectivity index (χ0n) is 11.5. The maximum Gasteiger partial charge on any atom is 0.0469 e. The van der Waals surface area contributed by atoms with E-state index in [0.717, 1.165) is 25.7 Å². The quantitative estimate of drug-likeness (QED) is 0.867. The molecule has 1 saturated heterocycles. The number of anilines is 1. The van der Waals surface area contributed by atoms with E-state index in [4.69, 9.17) is 4.74 Å². The van der Waals surface area contributed by atoms with Crippen LogP contribution in [0.4, 0.5) is 5.69 Å². The van der Waals surface area contributed by atoms with Crippen LogP contribution in [0.1, 0.15) is 18.4 Å². The van der Waals surface area contributed by atoms with Gasteiger partial charge in [0.05, 0.1) is 0 Å². The van der Waals surface area contributed by atoms with E-state index in [1.54, 1.807) is 0 Å². The molecule has 0 atom stereocenters. The smallest absolute Gasteiger partial charge is 0.0469 e. The Morgan fingerprint density at radius 1 is 1.22 bits per heavy atom. The minimum Gasteiger partial charge on any atom is -0.388 e. The lowest BCUT2D eigenvalue weighted by Gasteiger charge is -2.27. The number of rotatable bonds is 5. The normalized spacial score (nSPS) is 17.1. The molecule has 0 unspecified atom stereocenters. The summed E-state index contributed by atoms with van der Waals surface area (Å²) in [4.78, 5) is 2.42. The monoisotopic (exact) mass is 248 g/mol. The summed E-state index contributed by atoms with van der Waals surface area (Å²) < 4.78 is 5.40. The molecule has 1 N–H and O–H groups in total. The van der Waals surface area contributed by atoms with Gasteiger partial charge >= 0.3 is 0 Å². The molecule has 1 heterocycles. The molecular weight excluding hydrogens is 224 g/mol. The first-order valence-electron chi connectivity index (χ1n) is 6.81.